The van der Waals surface area contributed by atoms with Gasteiger partial charge in [0.25, 0.3) is 0 Å². The molecule has 0 aliphatic carbocycles. The van der Waals surface area contributed by atoms with Crippen LogP contribution in [-0.4, -0.2) is 25.3 Å². The molecule has 1 unspecified atom stereocenters. The van der Waals surface area contributed by atoms with Crippen LogP contribution in [0.15, 0.2) is 4.99 Å². The van der Waals surface area contributed by atoms with E-state index in [0.717, 1.165) is 6.61 Å². The van der Waals surface area contributed by atoms with E-state index in [1.54, 1.807) is 6.92 Å². The smallest absolute Gasteiger partial charge is 0.234 e. The Balaban J connectivity index is 0.000000144. The Morgan fingerprint density at radius 1 is 1.89 bits per heavy atom. The van der Waals surface area contributed by atoms with Gasteiger partial charge in [-0.15, -0.1) is 0 Å². The van der Waals surface area contributed by atoms with Crippen LogP contribution in [0.5, 0.6) is 0 Å². The van der Waals surface area contributed by atoms with Crippen molar-refractivity contribution in [3.63, 3.8) is 0 Å². The highest BCUT2D eigenvalue weighted by Crippen LogP contribution is 2.04. The van der Waals surface area contributed by atoms with Crippen molar-refractivity contribution in [3.05, 3.63) is 0 Å². The van der Waals surface area contributed by atoms with Crippen LogP contribution in [0.1, 0.15) is 13.8 Å². The fraction of sp³-hybridized carbons (Fsp3) is 0.833. The Morgan fingerprint density at radius 3 is 2.33 bits per heavy atom. The van der Waals surface area contributed by atoms with Gasteiger partial charge < -0.3 is 4.74 Å². The summed E-state index contributed by atoms with van der Waals surface area (Å²) in [6.45, 7) is 5.37. The highest BCUT2D eigenvalue weighted by atomic mass is 16.6. The van der Waals surface area contributed by atoms with Crippen LogP contribution in [-0.2, 0) is 9.53 Å². The molecule has 0 N–H and O–H groups in total. The molecule has 1 heterocycles. The Kier molecular flexibility index (Phi) is 5.07. The monoisotopic (exact) mass is 129 g/mol. The molecule has 0 radical (unpaired) electrons. The van der Waals surface area contributed by atoms with E-state index in [9.17, 15) is 0 Å². The lowest BCUT2D eigenvalue weighted by Gasteiger charge is -1.58. The van der Waals surface area contributed by atoms with E-state index in [4.69, 9.17) is 9.53 Å². The lowest BCUT2D eigenvalue weighted by atomic mass is 10.6. The van der Waals surface area contributed by atoms with Crippen molar-refractivity contribution in [3.8, 4) is 0 Å². The Labute approximate surface area is 54.7 Å². The first-order valence-electron chi connectivity index (χ1n) is 2.96. The minimum atomic E-state index is 0.545. The van der Waals surface area contributed by atoms with Crippen molar-refractivity contribution >= 4 is 6.08 Å². The lowest BCUT2D eigenvalue weighted by Crippen LogP contribution is -1.60. The third-order valence-corrected chi connectivity index (χ3v) is 0.723. The maximum Gasteiger partial charge on any atom is 0.234 e. The molecular formula is C6H11NO2. The summed E-state index contributed by atoms with van der Waals surface area (Å²) >= 11 is 0. The predicted octanol–water partition coefficient (Wildman–Crippen LogP) is 0.747. The number of nitrogens with zero attached hydrogens (tertiary/aromatic N) is 1. The summed E-state index contributed by atoms with van der Waals surface area (Å²) in [6.07, 6.45) is 1.98. The Hall–Kier alpha value is -0.660. The molecule has 1 aliphatic heterocycles. The zero-order chi connectivity index (χ0) is 7.11. The third kappa shape index (κ3) is 11.1. The molecule has 0 bridgehead atoms. The number of isocyanates is 1. The minimum Gasteiger partial charge on any atom is -0.373 e. The summed E-state index contributed by atoms with van der Waals surface area (Å²) in [6, 6.07) is 0. The zero-order valence-corrected chi connectivity index (χ0v) is 5.76. The van der Waals surface area contributed by atoms with Crippen LogP contribution in [0.2, 0.25) is 0 Å². The van der Waals surface area contributed by atoms with E-state index in [2.05, 4.69) is 11.9 Å². The minimum absolute atomic E-state index is 0.545. The van der Waals surface area contributed by atoms with E-state index in [0.29, 0.717) is 12.6 Å². The van der Waals surface area contributed by atoms with Gasteiger partial charge in [0, 0.05) is 6.54 Å². The van der Waals surface area contributed by atoms with E-state index < -0.39 is 0 Å². The number of epoxide rings is 1. The van der Waals surface area contributed by atoms with Crippen LogP contribution in [0, 0.1) is 0 Å². The summed E-state index contributed by atoms with van der Waals surface area (Å²) in [7, 11) is 0. The number of rotatable bonds is 1. The van der Waals surface area contributed by atoms with Gasteiger partial charge in [-0.05, 0) is 13.8 Å². The summed E-state index contributed by atoms with van der Waals surface area (Å²) < 4.78 is 4.71. The highest BCUT2D eigenvalue weighted by molar-refractivity contribution is 5.32. The van der Waals surface area contributed by atoms with Crippen molar-refractivity contribution in [1.82, 2.24) is 0 Å². The zero-order valence-electron chi connectivity index (χ0n) is 5.76. The number of carbonyl (C=O) groups excluding carboxylic acids is 1. The first kappa shape index (κ1) is 8.34. The van der Waals surface area contributed by atoms with Gasteiger partial charge in [0.15, 0.2) is 0 Å². The molecule has 9 heavy (non-hydrogen) atoms. The molecule has 1 atom stereocenters. The Morgan fingerprint density at radius 2 is 2.33 bits per heavy atom. The van der Waals surface area contributed by atoms with Crippen LogP contribution in [0.4, 0.5) is 0 Å². The highest BCUT2D eigenvalue weighted by Gasteiger charge is 2.13. The second kappa shape index (κ2) is 5.48. The Bertz CT molecular complexity index is 104. The van der Waals surface area contributed by atoms with Gasteiger partial charge in [-0.3, -0.25) is 0 Å². The van der Waals surface area contributed by atoms with Gasteiger partial charge in [-0.1, -0.05) is 0 Å². The molecule has 52 valence electrons. The average molecular weight is 129 g/mol. The number of hydrogen-bond acceptors (Lipinski definition) is 3. The molecule has 1 rings (SSSR count). The summed E-state index contributed by atoms with van der Waals surface area (Å²) in [5.41, 5.74) is 0. The normalized spacial score (nSPS) is 20.9. The van der Waals surface area contributed by atoms with Gasteiger partial charge in [0.2, 0.25) is 6.08 Å². The summed E-state index contributed by atoms with van der Waals surface area (Å²) in [5, 5.41) is 0. The van der Waals surface area contributed by atoms with Gasteiger partial charge >= 0.3 is 0 Å². The molecule has 0 aromatic carbocycles. The summed E-state index contributed by atoms with van der Waals surface area (Å²) in [5.74, 6) is 0. The van der Waals surface area contributed by atoms with Gasteiger partial charge in [-0.25, -0.2) is 9.79 Å². The molecule has 0 aromatic rings. The molecular weight excluding hydrogens is 118 g/mol. The SMILES string of the molecule is CC1CO1.CCN=C=O. The fourth-order valence-corrected chi connectivity index (χ4v) is 0.161. The molecule has 1 aliphatic rings. The average Bonchev–Trinajstić information content (AvgIpc) is 2.55. The van der Waals surface area contributed by atoms with Crippen molar-refractivity contribution < 1.29 is 9.53 Å². The molecule has 1 fully saturated rings. The number of aliphatic imine (C=N–C) groups is 1. The molecule has 0 saturated carbocycles. The fourth-order valence-electron chi connectivity index (χ4n) is 0.161. The summed E-state index contributed by atoms with van der Waals surface area (Å²) in [4.78, 5) is 12.3. The van der Waals surface area contributed by atoms with E-state index in [1.807, 2.05) is 0 Å². The van der Waals surface area contributed by atoms with Crippen LogP contribution < -0.4 is 0 Å². The van der Waals surface area contributed by atoms with Crippen LogP contribution in [0.25, 0.3) is 0 Å². The van der Waals surface area contributed by atoms with Crippen molar-refractivity contribution in [2.75, 3.05) is 13.2 Å². The molecule has 0 amide bonds. The molecule has 3 heteroatoms. The van der Waals surface area contributed by atoms with Crippen molar-refractivity contribution in [1.29, 1.82) is 0 Å². The van der Waals surface area contributed by atoms with Crippen LogP contribution in [0.3, 0.4) is 0 Å². The third-order valence-electron chi connectivity index (χ3n) is 0.723. The van der Waals surface area contributed by atoms with Crippen LogP contribution >= 0.6 is 0 Å². The number of ether oxygens (including phenoxy) is 1. The first-order valence-corrected chi connectivity index (χ1v) is 2.96. The largest absolute Gasteiger partial charge is 0.373 e. The molecule has 1 saturated heterocycles. The maximum atomic E-state index is 9.11. The van der Waals surface area contributed by atoms with Gasteiger partial charge in [0.1, 0.15) is 0 Å². The van der Waals surface area contributed by atoms with Gasteiger partial charge in [0.05, 0.1) is 12.7 Å². The standard InChI is InChI=1S/C3H5NO.C3H6O/c1-2-4-3-5;1-3-2-4-3/h2H2,1H3;3H,2H2,1H3. The first-order chi connectivity index (χ1) is 4.31. The predicted molar refractivity (Wildman–Crippen MR) is 34.1 cm³/mol. The quantitative estimate of drug-likeness (QED) is 0.298. The van der Waals surface area contributed by atoms with Gasteiger partial charge in [-0.2, -0.15) is 0 Å². The number of hydrogen-bond donors (Lipinski definition) is 0. The molecule has 0 spiro atoms. The van der Waals surface area contributed by atoms with E-state index >= 15 is 0 Å². The lowest BCUT2D eigenvalue weighted by molar-refractivity contribution is 0.423. The topological polar surface area (TPSA) is 42.0 Å². The maximum absolute atomic E-state index is 9.11. The molecule has 0 aromatic heterocycles. The van der Waals surface area contributed by atoms with Crippen molar-refractivity contribution in [2.24, 2.45) is 4.99 Å². The second-order valence-electron chi connectivity index (χ2n) is 1.71. The van der Waals surface area contributed by atoms with E-state index in [-0.39, 0.29) is 0 Å². The van der Waals surface area contributed by atoms with Crippen molar-refractivity contribution in [2.45, 2.75) is 20.0 Å². The van der Waals surface area contributed by atoms with E-state index in [1.165, 1.54) is 6.08 Å². The molecule has 3 nitrogen and oxygen atoms in total. The second-order valence-corrected chi connectivity index (χ2v) is 1.71.